The van der Waals surface area contributed by atoms with Crippen LogP contribution in [0.3, 0.4) is 0 Å². The summed E-state index contributed by atoms with van der Waals surface area (Å²) in [4.78, 5) is 0. The summed E-state index contributed by atoms with van der Waals surface area (Å²) in [6, 6.07) is 0.604. The lowest BCUT2D eigenvalue weighted by Gasteiger charge is -2.21. The Kier molecular flexibility index (Phi) is 3.50. The fourth-order valence-electron chi connectivity index (χ4n) is 1.20. The third-order valence-electron chi connectivity index (χ3n) is 1.94. The molecule has 3 nitrogen and oxygen atoms in total. The summed E-state index contributed by atoms with van der Waals surface area (Å²) in [7, 11) is 0. The van der Waals surface area contributed by atoms with Gasteiger partial charge in [0.15, 0.2) is 0 Å². The summed E-state index contributed by atoms with van der Waals surface area (Å²) in [5.74, 6) is 0. The first-order valence-electron chi connectivity index (χ1n) is 4.66. The van der Waals surface area contributed by atoms with Crippen molar-refractivity contribution in [1.82, 2.24) is 10.6 Å². The molecule has 0 bridgehead atoms. The molecule has 0 aromatic carbocycles. The summed E-state index contributed by atoms with van der Waals surface area (Å²) in [5.41, 5.74) is -0.0287. The topological polar surface area (TPSA) is 33.3 Å². The number of rotatable bonds is 3. The van der Waals surface area contributed by atoms with Crippen molar-refractivity contribution in [3.8, 4) is 0 Å². The van der Waals surface area contributed by atoms with E-state index in [4.69, 9.17) is 4.74 Å². The molecule has 1 atom stereocenters. The quantitative estimate of drug-likeness (QED) is 0.615. The third kappa shape index (κ3) is 4.04. The minimum atomic E-state index is -0.0287. The SMILES string of the molecule is CC(C)(C)OCN[C@H]1CCNC1. The van der Waals surface area contributed by atoms with Crippen LogP contribution in [0.25, 0.3) is 0 Å². The molecule has 3 heteroatoms. The van der Waals surface area contributed by atoms with Gasteiger partial charge in [0.1, 0.15) is 0 Å². The van der Waals surface area contributed by atoms with Crippen LogP contribution in [0.2, 0.25) is 0 Å². The maximum atomic E-state index is 5.55. The van der Waals surface area contributed by atoms with E-state index in [0.29, 0.717) is 12.8 Å². The maximum Gasteiger partial charge on any atom is 0.0974 e. The van der Waals surface area contributed by atoms with Gasteiger partial charge in [0.2, 0.25) is 0 Å². The zero-order valence-corrected chi connectivity index (χ0v) is 8.31. The van der Waals surface area contributed by atoms with E-state index < -0.39 is 0 Å². The van der Waals surface area contributed by atoms with Crippen LogP contribution < -0.4 is 10.6 Å². The maximum absolute atomic E-state index is 5.55. The Morgan fingerprint density at radius 1 is 1.50 bits per heavy atom. The normalized spacial score (nSPS) is 24.8. The monoisotopic (exact) mass is 172 g/mol. The smallest absolute Gasteiger partial charge is 0.0974 e. The highest BCUT2D eigenvalue weighted by Gasteiger charge is 2.15. The van der Waals surface area contributed by atoms with Gasteiger partial charge in [0.25, 0.3) is 0 Å². The van der Waals surface area contributed by atoms with E-state index in [1.807, 2.05) is 0 Å². The first-order chi connectivity index (χ1) is 5.58. The van der Waals surface area contributed by atoms with Crippen LogP contribution in [0.5, 0.6) is 0 Å². The number of nitrogens with one attached hydrogen (secondary N) is 2. The molecule has 1 saturated heterocycles. The van der Waals surface area contributed by atoms with Gasteiger partial charge in [0.05, 0.1) is 12.3 Å². The van der Waals surface area contributed by atoms with Gasteiger partial charge >= 0.3 is 0 Å². The molecular formula is C9H20N2O. The molecule has 1 rings (SSSR count). The van der Waals surface area contributed by atoms with Crippen LogP contribution in [0, 0.1) is 0 Å². The highest BCUT2D eigenvalue weighted by molar-refractivity contribution is 4.76. The molecule has 0 spiro atoms. The molecule has 2 N–H and O–H groups in total. The molecule has 1 aliphatic heterocycles. The van der Waals surface area contributed by atoms with E-state index in [1.54, 1.807) is 0 Å². The number of ether oxygens (including phenoxy) is 1. The number of hydrogen-bond donors (Lipinski definition) is 2. The van der Waals surface area contributed by atoms with E-state index in [1.165, 1.54) is 6.42 Å². The van der Waals surface area contributed by atoms with Crippen LogP contribution in [0.4, 0.5) is 0 Å². The summed E-state index contributed by atoms with van der Waals surface area (Å²) in [5, 5.41) is 6.66. The van der Waals surface area contributed by atoms with Crippen molar-refractivity contribution in [3.63, 3.8) is 0 Å². The zero-order valence-electron chi connectivity index (χ0n) is 8.31. The molecule has 0 radical (unpaired) electrons. The summed E-state index contributed by atoms with van der Waals surface area (Å²) in [6.07, 6.45) is 1.22. The molecule has 72 valence electrons. The lowest BCUT2D eigenvalue weighted by molar-refractivity contribution is -0.0164. The molecule has 12 heavy (non-hydrogen) atoms. The highest BCUT2D eigenvalue weighted by atomic mass is 16.5. The van der Waals surface area contributed by atoms with Gasteiger partial charge in [-0.2, -0.15) is 0 Å². The summed E-state index contributed by atoms with van der Waals surface area (Å²) >= 11 is 0. The van der Waals surface area contributed by atoms with Crippen LogP contribution in [-0.2, 0) is 4.74 Å². The van der Waals surface area contributed by atoms with Gasteiger partial charge in [-0.15, -0.1) is 0 Å². The summed E-state index contributed by atoms with van der Waals surface area (Å²) in [6.45, 7) is 9.08. The Labute approximate surface area is 74.9 Å². The fraction of sp³-hybridized carbons (Fsp3) is 1.00. The van der Waals surface area contributed by atoms with E-state index in [0.717, 1.165) is 13.1 Å². The fourth-order valence-corrected chi connectivity index (χ4v) is 1.20. The van der Waals surface area contributed by atoms with Crippen molar-refractivity contribution in [1.29, 1.82) is 0 Å². The van der Waals surface area contributed by atoms with Gasteiger partial charge in [-0.05, 0) is 33.7 Å². The van der Waals surface area contributed by atoms with Crippen LogP contribution >= 0.6 is 0 Å². The van der Waals surface area contributed by atoms with E-state index in [9.17, 15) is 0 Å². The first-order valence-corrected chi connectivity index (χ1v) is 4.66. The van der Waals surface area contributed by atoms with Gasteiger partial charge in [-0.25, -0.2) is 0 Å². The van der Waals surface area contributed by atoms with Crippen molar-refractivity contribution < 1.29 is 4.74 Å². The van der Waals surface area contributed by atoms with E-state index >= 15 is 0 Å². The van der Waals surface area contributed by atoms with Gasteiger partial charge in [-0.1, -0.05) is 0 Å². The van der Waals surface area contributed by atoms with Crippen molar-refractivity contribution in [2.45, 2.75) is 38.8 Å². The lowest BCUT2D eigenvalue weighted by Crippen LogP contribution is -2.36. The average molecular weight is 172 g/mol. The average Bonchev–Trinajstić information content (AvgIpc) is 2.36. The second kappa shape index (κ2) is 4.21. The minimum Gasteiger partial charge on any atom is -0.361 e. The second-order valence-corrected chi connectivity index (χ2v) is 4.29. The van der Waals surface area contributed by atoms with Crippen molar-refractivity contribution in [2.75, 3.05) is 19.8 Å². The molecule has 1 heterocycles. The predicted octanol–water partition coefficient (Wildman–Crippen LogP) is 0.711. The molecule has 0 aromatic heterocycles. The standard InChI is InChI=1S/C9H20N2O/c1-9(2,3)12-7-11-8-4-5-10-6-8/h8,10-11H,4-7H2,1-3H3/t8-/m0/s1. The zero-order chi connectivity index (χ0) is 9.03. The van der Waals surface area contributed by atoms with Gasteiger partial charge < -0.3 is 10.1 Å². The Bertz CT molecular complexity index is 125. The summed E-state index contributed by atoms with van der Waals surface area (Å²) < 4.78 is 5.55. The molecule has 0 saturated carbocycles. The Morgan fingerprint density at radius 3 is 2.75 bits per heavy atom. The molecule has 0 unspecified atom stereocenters. The molecule has 1 fully saturated rings. The lowest BCUT2D eigenvalue weighted by atomic mass is 10.2. The van der Waals surface area contributed by atoms with E-state index in [-0.39, 0.29) is 5.60 Å². The second-order valence-electron chi connectivity index (χ2n) is 4.29. The molecular weight excluding hydrogens is 152 g/mol. The van der Waals surface area contributed by atoms with Crippen molar-refractivity contribution in [3.05, 3.63) is 0 Å². The third-order valence-corrected chi connectivity index (χ3v) is 1.94. The minimum absolute atomic E-state index is 0.0287. The van der Waals surface area contributed by atoms with Gasteiger partial charge in [0, 0.05) is 12.6 Å². The van der Waals surface area contributed by atoms with Crippen LogP contribution in [-0.4, -0.2) is 31.5 Å². The van der Waals surface area contributed by atoms with E-state index in [2.05, 4.69) is 31.4 Å². The molecule has 0 amide bonds. The van der Waals surface area contributed by atoms with Crippen molar-refractivity contribution in [2.24, 2.45) is 0 Å². The largest absolute Gasteiger partial charge is 0.361 e. The Hall–Kier alpha value is -0.120. The Morgan fingerprint density at radius 2 is 2.25 bits per heavy atom. The van der Waals surface area contributed by atoms with Crippen LogP contribution in [0.1, 0.15) is 27.2 Å². The van der Waals surface area contributed by atoms with Gasteiger partial charge in [-0.3, -0.25) is 5.32 Å². The van der Waals surface area contributed by atoms with Crippen molar-refractivity contribution >= 4 is 0 Å². The number of hydrogen-bond acceptors (Lipinski definition) is 3. The highest BCUT2D eigenvalue weighted by Crippen LogP contribution is 2.05. The predicted molar refractivity (Wildman–Crippen MR) is 50.1 cm³/mol. The Balaban J connectivity index is 2.02. The molecule has 0 aromatic rings. The molecule has 1 aliphatic rings. The molecule has 0 aliphatic carbocycles. The van der Waals surface area contributed by atoms with Crippen LogP contribution in [0.15, 0.2) is 0 Å². The first kappa shape index (κ1) is 9.96.